The lowest BCUT2D eigenvalue weighted by atomic mass is 10.1. The van der Waals surface area contributed by atoms with Gasteiger partial charge in [-0.3, -0.25) is 4.79 Å². The predicted octanol–water partition coefficient (Wildman–Crippen LogP) is 1.89. The molecule has 0 heterocycles. The molecule has 3 nitrogen and oxygen atoms in total. The van der Waals surface area contributed by atoms with Crippen LogP contribution in [0.5, 0.6) is 5.75 Å². The molecule has 76 valence electrons. The van der Waals surface area contributed by atoms with Gasteiger partial charge in [-0.05, 0) is 31.0 Å². The van der Waals surface area contributed by atoms with Crippen LogP contribution >= 0.6 is 0 Å². The molecule has 0 aromatic heterocycles. The summed E-state index contributed by atoms with van der Waals surface area (Å²) in [6.45, 7) is 1.86. The summed E-state index contributed by atoms with van der Waals surface area (Å²) in [5, 5.41) is 9.07. The van der Waals surface area contributed by atoms with Gasteiger partial charge in [0.25, 0.3) is 0 Å². The largest absolute Gasteiger partial charge is 0.508 e. The minimum Gasteiger partial charge on any atom is -0.508 e. The maximum Gasteiger partial charge on any atom is 0.306 e. The molecule has 0 saturated carbocycles. The summed E-state index contributed by atoms with van der Waals surface area (Å²) >= 11 is 0. The third-order valence-electron chi connectivity index (χ3n) is 1.59. The van der Waals surface area contributed by atoms with Gasteiger partial charge in [-0.25, -0.2) is 0 Å². The van der Waals surface area contributed by atoms with Crippen LogP contribution in [-0.4, -0.2) is 17.7 Å². The first-order valence-corrected chi connectivity index (χ1v) is 4.36. The van der Waals surface area contributed by atoms with Gasteiger partial charge in [0.2, 0.25) is 0 Å². The molecule has 14 heavy (non-hydrogen) atoms. The number of rotatable bonds is 4. The summed E-state index contributed by atoms with van der Waals surface area (Å²) in [5.41, 5.74) is 0.505. The van der Waals surface area contributed by atoms with Crippen molar-refractivity contribution in [2.24, 2.45) is 0 Å². The van der Waals surface area contributed by atoms with Crippen LogP contribution in [0.25, 0.3) is 0 Å². The van der Waals surface area contributed by atoms with E-state index >= 15 is 0 Å². The lowest BCUT2D eigenvalue weighted by Crippen LogP contribution is -2.04. The highest BCUT2D eigenvalue weighted by Gasteiger charge is 2.01. The Hall–Kier alpha value is -1.51. The smallest absolute Gasteiger partial charge is 0.306 e. The van der Waals surface area contributed by atoms with Crippen LogP contribution in [0.3, 0.4) is 0 Å². The summed E-state index contributed by atoms with van der Waals surface area (Å²) in [7, 11) is 0. The molecule has 0 aliphatic heterocycles. The maximum absolute atomic E-state index is 11.2. The number of phenols is 1. The molecule has 2 atom stereocenters. The second kappa shape index (κ2) is 5.27. The van der Waals surface area contributed by atoms with Crippen LogP contribution in [0.15, 0.2) is 24.3 Å². The number of phenolic OH excluding ortho intramolecular Hbond substituents is 1. The highest BCUT2D eigenvalue weighted by molar-refractivity contribution is 5.69. The van der Waals surface area contributed by atoms with Crippen molar-refractivity contribution in [3.8, 4) is 5.75 Å². The highest BCUT2D eigenvalue weighted by Crippen LogP contribution is 2.11. The first-order chi connectivity index (χ1) is 7.56. The second-order valence-electron chi connectivity index (χ2n) is 2.68. The van der Waals surface area contributed by atoms with Crippen LogP contribution in [0.2, 0.25) is 0 Å². The van der Waals surface area contributed by atoms with Gasteiger partial charge in [-0.2, -0.15) is 0 Å². The summed E-state index contributed by atoms with van der Waals surface area (Å²) in [5.74, 6) is -0.607. The molecule has 0 amide bonds. The molecule has 0 radical (unpaired) electrons. The van der Waals surface area contributed by atoms with Gasteiger partial charge in [-0.15, -0.1) is 0 Å². The van der Waals surface area contributed by atoms with Crippen molar-refractivity contribution >= 4 is 5.97 Å². The Kier molecular flexibility index (Phi) is 2.96. The zero-order valence-corrected chi connectivity index (χ0v) is 7.93. The number of ether oxygens (including phenoxy) is 1. The van der Waals surface area contributed by atoms with Crippen molar-refractivity contribution in [3.05, 3.63) is 29.8 Å². The zero-order chi connectivity index (χ0) is 12.1. The van der Waals surface area contributed by atoms with Crippen molar-refractivity contribution in [2.75, 3.05) is 6.61 Å². The fraction of sp³-hybridized carbons (Fsp3) is 0.364. The van der Waals surface area contributed by atoms with Gasteiger partial charge < -0.3 is 9.84 Å². The van der Waals surface area contributed by atoms with Crippen LogP contribution in [-0.2, 0) is 15.9 Å². The Morgan fingerprint density at radius 1 is 1.50 bits per heavy atom. The number of benzene rings is 1. The Labute approximate surface area is 86.1 Å². The predicted molar refractivity (Wildman–Crippen MR) is 53.1 cm³/mol. The van der Waals surface area contributed by atoms with Crippen molar-refractivity contribution in [3.63, 3.8) is 0 Å². The number of hydrogen-bond acceptors (Lipinski definition) is 3. The number of hydrogen-bond donors (Lipinski definition) is 1. The van der Waals surface area contributed by atoms with Crippen LogP contribution in [0.4, 0.5) is 0 Å². The third kappa shape index (κ3) is 3.47. The first kappa shape index (κ1) is 7.85. The Morgan fingerprint density at radius 2 is 2.14 bits per heavy atom. The number of carbonyl (C=O) groups is 1. The van der Waals surface area contributed by atoms with Crippen LogP contribution < -0.4 is 0 Å². The van der Waals surface area contributed by atoms with Gasteiger partial charge >= 0.3 is 5.97 Å². The topological polar surface area (TPSA) is 46.5 Å². The standard InChI is InChI=1S/C11H14O3/c1-2-14-11(13)8-5-9-3-6-10(12)7-4-9/h3-4,6-7,12H,2,5,8H2,1H3/i5D,8D. The molecule has 1 rings (SSSR count). The van der Waals surface area contributed by atoms with E-state index in [0.717, 1.165) is 0 Å². The van der Waals surface area contributed by atoms with E-state index < -0.39 is 18.8 Å². The summed E-state index contributed by atoms with van der Waals surface area (Å²) in [6.07, 6.45) is -2.26. The molecule has 0 saturated heterocycles. The van der Waals surface area contributed by atoms with Gasteiger partial charge in [-0.1, -0.05) is 12.1 Å². The molecule has 1 aromatic rings. The second-order valence-corrected chi connectivity index (χ2v) is 2.68. The Morgan fingerprint density at radius 3 is 2.71 bits per heavy atom. The molecular formula is C11H14O3. The van der Waals surface area contributed by atoms with Gasteiger partial charge in [0.15, 0.2) is 0 Å². The highest BCUT2D eigenvalue weighted by atomic mass is 16.5. The molecule has 3 heteroatoms. The van der Waals surface area contributed by atoms with Crippen LogP contribution in [0.1, 0.15) is 21.6 Å². The lowest BCUT2D eigenvalue weighted by molar-refractivity contribution is -0.143. The van der Waals surface area contributed by atoms with Crippen LogP contribution in [0, 0.1) is 0 Å². The SMILES string of the molecule is [2H]C(C(=O)OCC)C([2H])c1ccc(O)cc1. The number of esters is 1. The molecule has 0 bridgehead atoms. The first-order valence-electron chi connectivity index (χ1n) is 5.51. The number of aryl methyl sites for hydroxylation is 1. The van der Waals surface area contributed by atoms with E-state index in [0.29, 0.717) is 5.56 Å². The fourth-order valence-corrected chi connectivity index (χ4v) is 0.940. The quantitative estimate of drug-likeness (QED) is 0.748. The third-order valence-corrected chi connectivity index (χ3v) is 1.59. The van der Waals surface area contributed by atoms with E-state index in [9.17, 15) is 4.79 Å². The van der Waals surface area contributed by atoms with Crippen molar-refractivity contribution in [1.29, 1.82) is 0 Å². The summed E-state index contributed by atoms with van der Waals surface area (Å²) in [4.78, 5) is 11.2. The van der Waals surface area contributed by atoms with Crippen molar-refractivity contribution in [2.45, 2.75) is 19.7 Å². The van der Waals surface area contributed by atoms with E-state index in [2.05, 4.69) is 4.74 Å². The molecule has 0 aliphatic rings. The fourth-order valence-electron chi connectivity index (χ4n) is 0.940. The zero-order valence-electron chi connectivity index (χ0n) is 9.93. The molecule has 0 fully saturated rings. The number of aromatic hydroxyl groups is 1. The molecule has 1 aromatic carbocycles. The monoisotopic (exact) mass is 196 g/mol. The van der Waals surface area contributed by atoms with Gasteiger partial charge in [0, 0.05) is 9.14 Å². The van der Waals surface area contributed by atoms with Gasteiger partial charge in [0.1, 0.15) is 5.75 Å². The van der Waals surface area contributed by atoms with E-state index in [4.69, 9.17) is 7.85 Å². The average Bonchev–Trinajstić information content (AvgIpc) is 2.28. The number of carbonyl (C=O) groups excluding carboxylic acids is 1. The molecular weight excluding hydrogens is 180 g/mol. The molecule has 0 spiro atoms. The Bertz CT molecular complexity index is 351. The van der Waals surface area contributed by atoms with E-state index in [-0.39, 0.29) is 12.4 Å². The molecule has 1 N–H and O–H groups in total. The lowest BCUT2D eigenvalue weighted by Gasteiger charge is -2.02. The average molecular weight is 196 g/mol. The van der Waals surface area contributed by atoms with E-state index in [1.807, 2.05) is 0 Å². The molecule has 2 unspecified atom stereocenters. The molecule has 0 aliphatic carbocycles. The normalized spacial score (nSPS) is 16.4. The van der Waals surface area contributed by atoms with E-state index in [1.54, 1.807) is 6.92 Å². The van der Waals surface area contributed by atoms with Gasteiger partial charge in [0.05, 0.1) is 6.61 Å². The summed E-state index contributed by atoms with van der Waals surface area (Å²) < 4.78 is 20.0. The maximum atomic E-state index is 11.2. The van der Waals surface area contributed by atoms with Crippen molar-refractivity contribution < 1.29 is 17.4 Å². The Balaban J connectivity index is 2.73. The summed E-state index contributed by atoms with van der Waals surface area (Å²) in [6, 6.07) is 5.89. The van der Waals surface area contributed by atoms with Crippen molar-refractivity contribution in [1.82, 2.24) is 0 Å². The minimum absolute atomic E-state index is 0.0913. The minimum atomic E-state index is -1.26. The van der Waals surface area contributed by atoms with E-state index in [1.165, 1.54) is 24.3 Å².